The van der Waals surface area contributed by atoms with E-state index in [1.165, 1.54) is 36.8 Å². The lowest BCUT2D eigenvalue weighted by Crippen LogP contribution is -2.49. The van der Waals surface area contributed by atoms with Crippen molar-refractivity contribution in [1.82, 2.24) is 49.8 Å². The van der Waals surface area contributed by atoms with Gasteiger partial charge in [-0.2, -0.15) is 10.2 Å². The molecular formula is C117H102BrClF2N14O13. The van der Waals surface area contributed by atoms with Crippen LogP contribution in [0.5, 0.6) is 29.0 Å². The second-order valence-electron chi connectivity index (χ2n) is 39.3. The number of aryl methyl sites for hydroxylation is 4. The minimum atomic E-state index is -2.02. The molecule has 0 bridgehead atoms. The van der Waals surface area contributed by atoms with Gasteiger partial charge in [0.1, 0.15) is 57.6 Å². The first-order chi connectivity index (χ1) is 71.5. The Labute approximate surface area is 863 Å². The topological polar surface area (TPSA) is 399 Å². The number of H-pyrrole nitrogens is 3. The molecule has 0 spiro atoms. The van der Waals surface area contributed by atoms with Gasteiger partial charge in [-0.3, -0.25) is 19.4 Å². The summed E-state index contributed by atoms with van der Waals surface area (Å²) < 4.78 is 67.9. The van der Waals surface area contributed by atoms with Crippen LogP contribution in [-0.4, -0.2) is 97.6 Å². The molecule has 11 N–H and O–H groups in total. The van der Waals surface area contributed by atoms with Gasteiger partial charge >= 0.3 is 0 Å². The van der Waals surface area contributed by atoms with Gasteiger partial charge in [0.05, 0.1) is 93.6 Å². The summed E-state index contributed by atoms with van der Waals surface area (Å²) in [6.07, 6.45) is 19.0. The lowest BCUT2D eigenvalue weighted by Gasteiger charge is -2.40. The van der Waals surface area contributed by atoms with Gasteiger partial charge in [-0.1, -0.05) is 222 Å². The number of aromatic amines is 3. The number of hydrogen-bond donors (Lipinski definition) is 10. The molecule has 9 aromatic carbocycles. The number of halogens is 4. The molecule has 1 saturated heterocycles. The van der Waals surface area contributed by atoms with Crippen molar-refractivity contribution in [1.29, 1.82) is 5.26 Å². The van der Waals surface area contributed by atoms with Crippen molar-refractivity contribution >= 4 is 51.3 Å². The molecule has 27 nitrogen and oxygen atoms in total. The number of hydrogen-bond acceptors (Lipinski definition) is 24. The molecule has 0 radical (unpaired) electrons. The van der Waals surface area contributed by atoms with E-state index >= 15 is 0 Å². The smallest absolute Gasteiger partial charge is 0.256 e. The van der Waals surface area contributed by atoms with Crippen LogP contribution in [0.25, 0.3) is 6.08 Å². The molecule has 5 aliphatic heterocycles. The number of nitrogens with one attached hydrogen (secondary N) is 5. The summed E-state index contributed by atoms with van der Waals surface area (Å²) in [5.74, 6) is 2.97. The molecule has 5 aliphatic carbocycles. The lowest BCUT2D eigenvalue weighted by atomic mass is 9.70. The van der Waals surface area contributed by atoms with Gasteiger partial charge in [-0.15, -0.1) is 6.42 Å². The molecule has 0 amide bonds. The number of nitriles is 1. The first kappa shape index (κ1) is 97.4. The Kier molecular flexibility index (Phi) is 24.5. The largest absolute Gasteiger partial charge is 0.497 e. The average molecular weight is 2070 g/mol. The molecule has 13 atom stereocenters. The molecule has 148 heavy (non-hydrogen) atoms. The number of nitrogens with zero attached hydrogens (tertiary/aromatic N) is 8. The van der Waals surface area contributed by atoms with Crippen LogP contribution in [0.15, 0.2) is 262 Å². The van der Waals surface area contributed by atoms with E-state index in [4.69, 9.17) is 62.1 Å². The highest BCUT2D eigenvalue weighted by molar-refractivity contribution is 9.10. The van der Waals surface area contributed by atoms with Crippen LogP contribution in [0, 0.1) is 63.0 Å². The number of terminal acetylenes is 1. The number of nitrogen functional groups attached to an aromatic ring is 1. The monoisotopic (exact) mass is 2060 g/mol. The predicted octanol–water partition coefficient (Wildman–Crippen LogP) is 19.0. The van der Waals surface area contributed by atoms with Gasteiger partial charge in [0.25, 0.3) is 16.7 Å². The highest BCUT2D eigenvalue weighted by atomic mass is 79.9. The Hall–Kier alpha value is -15.4. The molecule has 31 heteroatoms. The van der Waals surface area contributed by atoms with Gasteiger partial charge in [0, 0.05) is 75.1 Å². The zero-order valence-corrected chi connectivity index (χ0v) is 84.0. The van der Waals surface area contributed by atoms with Crippen LogP contribution in [-0.2, 0) is 49.5 Å². The van der Waals surface area contributed by atoms with Crippen molar-refractivity contribution in [3.63, 3.8) is 0 Å². The maximum Gasteiger partial charge on any atom is 0.256 e. The molecule has 2 fully saturated rings. The van der Waals surface area contributed by atoms with E-state index in [2.05, 4.69) is 84.5 Å². The van der Waals surface area contributed by atoms with Crippen LogP contribution in [0.2, 0.25) is 5.15 Å². The van der Waals surface area contributed by atoms with E-state index in [0.717, 1.165) is 87.5 Å². The summed E-state index contributed by atoms with van der Waals surface area (Å²) in [6.45, 7) is 10.4. The van der Waals surface area contributed by atoms with E-state index < -0.39 is 86.0 Å². The van der Waals surface area contributed by atoms with Crippen molar-refractivity contribution in [3.05, 3.63) is 441 Å². The number of rotatable bonds is 15. The Balaban J connectivity index is 0.000000112. The summed E-state index contributed by atoms with van der Waals surface area (Å²) in [7, 11) is 3.34. The number of fused-ring (bicyclic) bond motifs is 20. The van der Waals surface area contributed by atoms with Crippen molar-refractivity contribution in [2.24, 2.45) is 0 Å². The standard InChI is InChI=1S/C32H29BrClN3O3.C31H24FN3O4.C29H25FN4O2.C25H24N4O4/c1-17-7-6-10-20(15-17)26-24-27(36-28(37-29(24)38)19-8-4-3-5-9-19)31(39)25-18(2)16-23(34)35-30(25)40-32(26,31)21-11-13-22(33)14-12-21;32-21-13-14-23-22(16-21)30(37)27-25(29(36)35-28(34-27)24-8-4-5-15-38-24)26(19-6-2-1-3-7-19)31(30,39-23)20-11-9-18(17-33)10-12-20;1-17-8-15-23-22(16-17)28(35)25-24(26(32-2)34-27(31)33-25)21(14-9-18-6-4-3-5-7-18)29(28,36-23)19-10-12-20(30)13-11-19;1-5-11-26-23-28-20-19(21(30)29-23)17(6-2)25(15-7-9-16(32-4)10-8-15)24(20,31)18-12-14(3)13-27-22(18)33-25/h6-7,10-16,19,26,39H,3-5,8-9H2,1-2H3,(H,36,37,38);1-3,6-7,9-14,16,24,26,37H,4-5,8,15H2,(H,34,35,36);3-16,21,35H,1-2H3,(H3,31,32,33,34);1,7-10,12-13,17,31H,6,11H2,2-4H3,(H2,26,28,29,30)/b;;14-9+;/t26-,31+,32+;24?,26-,30+,31+;21-,28+,29+;17-,24+,25+/m1111/s1. The van der Waals surface area contributed by atoms with E-state index in [0.29, 0.717) is 127 Å². The highest BCUT2D eigenvalue weighted by Gasteiger charge is 2.78. The highest BCUT2D eigenvalue weighted by Crippen LogP contribution is 2.73. The maximum atomic E-state index is 14.7. The zero-order valence-electron chi connectivity index (χ0n) is 81.6. The molecule has 25 rings (SSSR count). The predicted molar refractivity (Wildman–Crippen MR) is 555 cm³/mol. The van der Waals surface area contributed by atoms with Crippen molar-refractivity contribution in [3.8, 4) is 47.4 Å². The molecule has 15 aromatic rings. The molecule has 11 heterocycles. The van der Waals surface area contributed by atoms with Crippen LogP contribution < -0.4 is 56.7 Å². The summed E-state index contributed by atoms with van der Waals surface area (Å²) in [6, 6.07) is 70.4. The number of pyridine rings is 2. The summed E-state index contributed by atoms with van der Waals surface area (Å²) >= 11 is 9.97. The quantitative estimate of drug-likeness (QED) is 0.0337. The number of aromatic nitrogens is 10. The van der Waals surface area contributed by atoms with Gasteiger partial charge in [-0.05, 0) is 185 Å². The third kappa shape index (κ3) is 14.7. The number of nitrogens with two attached hydrogens (primary N) is 1. The van der Waals surface area contributed by atoms with Crippen LogP contribution in [0.4, 0.5) is 26.5 Å². The molecule has 6 aromatic heterocycles. The van der Waals surface area contributed by atoms with Crippen LogP contribution in [0.3, 0.4) is 0 Å². The van der Waals surface area contributed by atoms with Crippen molar-refractivity contribution in [2.75, 3.05) is 43.7 Å². The second-order valence-corrected chi connectivity index (χ2v) is 40.6. The van der Waals surface area contributed by atoms with Crippen LogP contribution in [0.1, 0.15) is 246 Å². The molecular weight excluding hydrogens is 1960 g/mol. The molecule has 10 aliphatic rings. The first-order valence-electron chi connectivity index (χ1n) is 49.3. The van der Waals surface area contributed by atoms with E-state index in [1.807, 2.05) is 198 Å². The van der Waals surface area contributed by atoms with Crippen LogP contribution >= 0.6 is 27.5 Å². The van der Waals surface area contributed by atoms with Gasteiger partial charge in [0.15, 0.2) is 44.8 Å². The lowest BCUT2D eigenvalue weighted by molar-refractivity contribution is -0.0983. The van der Waals surface area contributed by atoms with Crippen molar-refractivity contribution in [2.45, 2.75) is 173 Å². The minimum Gasteiger partial charge on any atom is -0.497 e. The summed E-state index contributed by atoms with van der Waals surface area (Å²) in [5.41, 5.74) is 5.87. The normalized spacial score (nSPS) is 25.0. The zero-order chi connectivity index (χ0) is 103. The van der Waals surface area contributed by atoms with Gasteiger partial charge in [0.2, 0.25) is 23.7 Å². The summed E-state index contributed by atoms with van der Waals surface area (Å²) in [5, 5.41) is 67.4. The number of anilines is 3. The van der Waals surface area contributed by atoms with E-state index in [1.54, 1.807) is 62.8 Å². The number of aliphatic hydroxyl groups is 4. The number of methoxy groups -OCH3 is 1. The minimum absolute atomic E-state index is 0.0355. The Morgan fingerprint density at radius 3 is 1.80 bits per heavy atom. The fourth-order valence-corrected chi connectivity index (χ4v) is 25.2. The number of benzene rings is 9. The van der Waals surface area contributed by atoms with E-state index in [-0.39, 0.29) is 74.8 Å². The van der Waals surface area contributed by atoms with Crippen molar-refractivity contribution < 1.29 is 57.6 Å². The Bertz CT molecular complexity index is 8150. The average Bonchev–Trinajstić information content (AvgIpc) is 1.60. The third-order valence-corrected chi connectivity index (χ3v) is 31.7. The molecule has 1 unspecified atom stereocenters. The second kappa shape index (κ2) is 37.2. The first-order valence-corrected chi connectivity index (χ1v) is 50.5. The molecule has 746 valence electrons. The fraction of sp³-hybridized carbons (Fsp3) is 0.274. The summed E-state index contributed by atoms with van der Waals surface area (Å²) in [4.78, 5) is 83.0. The van der Waals surface area contributed by atoms with E-state index in [9.17, 15) is 48.9 Å². The van der Waals surface area contributed by atoms with Gasteiger partial charge in [-0.25, -0.2) is 38.7 Å². The SMILES string of the molecule is C#CCNc1nc2c(c(=O)[nH]1)[C@@H](CC)[C@]1(c3ccc(OC)cc3)Oc3ncc(C)cc3[C@]21O.CNc1nc(N)nc2c1[C@@H](/C=C/c1ccccc1)[C@]1(c3ccc(F)cc3)Oc3ccc(C)cc3[C@]21O.Cc1cccc([C@@H]2c3c(nc(C4CCCCC4)[nH]c3=O)[C@@]3(O)c4c(C)cc(Cl)nc4O[C@@]23c2ccc(Br)cc2)c1.N#Cc1ccc([C@@]23Oc4ccc(F)cc4[C@]2(O)c2nc(C4CCCCO4)[nH]c(=O)c2[C@H]3c2ccccc2)cc1. The third-order valence-electron chi connectivity index (χ3n) is 30.9. The Morgan fingerprint density at radius 1 is 0.561 bits per heavy atom. The molecule has 1 saturated carbocycles. The Morgan fingerprint density at radius 2 is 1.12 bits per heavy atom. The maximum absolute atomic E-state index is 14.7. The number of ether oxygens (including phenoxy) is 6. The van der Waals surface area contributed by atoms with Gasteiger partial charge < -0.3 is 75.2 Å². The fourth-order valence-electron chi connectivity index (χ4n) is 24.7.